The largest absolute Gasteiger partial charge is 0.493 e. The van der Waals surface area contributed by atoms with Gasteiger partial charge in [-0.25, -0.2) is 9.97 Å². The zero-order valence-electron chi connectivity index (χ0n) is 9.60. The summed E-state index contributed by atoms with van der Waals surface area (Å²) in [6, 6.07) is 7.95. The molecule has 17 heavy (non-hydrogen) atoms. The number of anilines is 1. The van der Waals surface area contributed by atoms with Crippen LogP contribution in [0.2, 0.25) is 0 Å². The second-order valence-corrected chi connectivity index (χ2v) is 3.94. The minimum atomic E-state index is 0.742. The number of hydrogen-bond acceptors (Lipinski definition) is 4. The molecule has 2 heterocycles. The van der Waals surface area contributed by atoms with Gasteiger partial charge >= 0.3 is 0 Å². The van der Waals surface area contributed by atoms with Crippen LogP contribution in [0.25, 0.3) is 11.4 Å². The second kappa shape index (κ2) is 4.05. The molecule has 0 atom stereocenters. The summed E-state index contributed by atoms with van der Waals surface area (Å²) in [4.78, 5) is 8.72. The molecule has 0 spiro atoms. The molecular formula is C13H13N3O. The summed E-state index contributed by atoms with van der Waals surface area (Å²) < 4.78 is 5.48. The fourth-order valence-corrected chi connectivity index (χ4v) is 1.96. The Balaban J connectivity index is 2.03. The molecule has 86 valence electrons. The van der Waals surface area contributed by atoms with Gasteiger partial charge in [0.25, 0.3) is 0 Å². The molecule has 4 heteroatoms. The molecule has 2 aromatic rings. The molecule has 0 unspecified atom stereocenters. The van der Waals surface area contributed by atoms with Crippen LogP contribution in [0.5, 0.6) is 5.75 Å². The first-order valence-corrected chi connectivity index (χ1v) is 5.64. The fraction of sp³-hybridized carbons (Fsp3) is 0.231. The van der Waals surface area contributed by atoms with Gasteiger partial charge in [0.1, 0.15) is 11.6 Å². The van der Waals surface area contributed by atoms with Crippen molar-refractivity contribution in [1.82, 2.24) is 9.97 Å². The molecule has 0 amide bonds. The Morgan fingerprint density at radius 2 is 2.24 bits per heavy atom. The van der Waals surface area contributed by atoms with Crippen molar-refractivity contribution in [2.75, 3.05) is 19.0 Å². The number of ether oxygens (including phenoxy) is 1. The van der Waals surface area contributed by atoms with Gasteiger partial charge < -0.3 is 10.1 Å². The van der Waals surface area contributed by atoms with Crippen LogP contribution in [0.1, 0.15) is 5.56 Å². The minimum Gasteiger partial charge on any atom is -0.493 e. The van der Waals surface area contributed by atoms with E-state index in [4.69, 9.17) is 4.74 Å². The Bertz CT molecular complexity index is 554. The lowest BCUT2D eigenvalue weighted by atomic mass is 10.1. The maximum absolute atomic E-state index is 5.48. The molecule has 0 bridgehead atoms. The lowest BCUT2D eigenvalue weighted by Crippen LogP contribution is -1.95. The SMILES string of the molecule is CNc1ccnc(-c2ccc3c(c2)CCO3)n1. The van der Waals surface area contributed by atoms with Gasteiger partial charge in [-0.2, -0.15) is 0 Å². The molecule has 1 N–H and O–H groups in total. The molecule has 1 aliphatic heterocycles. The predicted octanol–water partition coefficient (Wildman–Crippen LogP) is 2.12. The van der Waals surface area contributed by atoms with Gasteiger partial charge in [-0.05, 0) is 29.8 Å². The van der Waals surface area contributed by atoms with Crippen LogP contribution in [-0.2, 0) is 6.42 Å². The van der Waals surface area contributed by atoms with Gasteiger partial charge in [0.15, 0.2) is 5.82 Å². The molecule has 1 aliphatic rings. The number of rotatable bonds is 2. The third-order valence-electron chi connectivity index (χ3n) is 2.86. The van der Waals surface area contributed by atoms with Gasteiger partial charge in [-0.1, -0.05) is 0 Å². The molecular weight excluding hydrogens is 214 g/mol. The molecule has 0 radical (unpaired) electrons. The highest BCUT2D eigenvalue weighted by molar-refractivity contribution is 5.60. The molecule has 0 saturated carbocycles. The van der Waals surface area contributed by atoms with E-state index in [1.165, 1.54) is 5.56 Å². The molecule has 3 rings (SSSR count). The van der Waals surface area contributed by atoms with Crippen LogP contribution < -0.4 is 10.1 Å². The Kier molecular flexibility index (Phi) is 2.40. The van der Waals surface area contributed by atoms with Crippen LogP contribution in [0, 0.1) is 0 Å². The summed E-state index contributed by atoms with van der Waals surface area (Å²) in [6.07, 6.45) is 2.73. The molecule has 0 aliphatic carbocycles. The molecule has 4 nitrogen and oxygen atoms in total. The molecule has 0 fully saturated rings. The summed E-state index contributed by atoms with van der Waals surface area (Å²) in [6.45, 7) is 0.774. The number of nitrogens with one attached hydrogen (secondary N) is 1. The third-order valence-corrected chi connectivity index (χ3v) is 2.86. The average molecular weight is 227 g/mol. The van der Waals surface area contributed by atoms with E-state index < -0.39 is 0 Å². The Morgan fingerprint density at radius 3 is 3.12 bits per heavy atom. The summed E-state index contributed by atoms with van der Waals surface area (Å²) in [5.74, 6) is 2.55. The molecule has 1 aromatic heterocycles. The average Bonchev–Trinajstić information content (AvgIpc) is 2.86. The minimum absolute atomic E-state index is 0.742. The van der Waals surface area contributed by atoms with Crippen molar-refractivity contribution in [2.24, 2.45) is 0 Å². The Morgan fingerprint density at radius 1 is 1.29 bits per heavy atom. The van der Waals surface area contributed by atoms with Crippen molar-refractivity contribution in [3.63, 3.8) is 0 Å². The van der Waals surface area contributed by atoms with Crippen molar-refractivity contribution < 1.29 is 4.74 Å². The van der Waals surface area contributed by atoms with Crippen molar-refractivity contribution in [3.05, 3.63) is 36.0 Å². The quantitative estimate of drug-likeness (QED) is 0.853. The topological polar surface area (TPSA) is 47.0 Å². The lowest BCUT2D eigenvalue weighted by Gasteiger charge is -2.04. The fourth-order valence-electron chi connectivity index (χ4n) is 1.96. The normalized spacial score (nSPS) is 13.0. The standard InChI is InChI=1S/C13H13N3O/c1-14-12-4-6-15-13(16-12)10-2-3-11-9(8-10)5-7-17-11/h2-4,6,8H,5,7H2,1H3,(H,14,15,16). The first-order valence-electron chi connectivity index (χ1n) is 5.64. The van der Waals surface area contributed by atoms with E-state index in [9.17, 15) is 0 Å². The second-order valence-electron chi connectivity index (χ2n) is 3.94. The van der Waals surface area contributed by atoms with Gasteiger partial charge in [0, 0.05) is 25.2 Å². The highest BCUT2D eigenvalue weighted by atomic mass is 16.5. The summed E-state index contributed by atoms with van der Waals surface area (Å²) in [5, 5.41) is 3.01. The summed E-state index contributed by atoms with van der Waals surface area (Å²) in [7, 11) is 1.85. The predicted molar refractivity (Wildman–Crippen MR) is 66.2 cm³/mol. The number of nitrogens with zero attached hydrogens (tertiary/aromatic N) is 2. The van der Waals surface area contributed by atoms with Gasteiger partial charge in [0.2, 0.25) is 0 Å². The van der Waals surface area contributed by atoms with Crippen LogP contribution in [0.4, 0.5) is 5.82 Å². The number of fused-ring (bicyclic) bond motifs is 1. The van der Waals surface area contributed by atoms with E-state index in [0.717, 1.165) is 36.0 Å². The number of benzene rings is 1. The number of aromatic nitrogens is 2. The first-order chi connectivity index (χ1) is 8.36. The lowest BCUT2D eigenvalue weighted by molar-refractivity contribution is 0.357. The van der Waals surface area contributed by atoms with E-state index in [-0.39, 0.29) is 0 Å². The monoisotopic (exact) mass is 227 g/mol. The van der Waals surface area contributed by atoms with Gasteiger partial charge in [-0.3, -0.25) is 0 Å². The van der Waals surface area contributed by atoms with Gasteiger partial charge in [0.05, 0.1) is 6.61 Å². The maximum Gasteiger partial charge on any atom is 0.161 e. The number of hydrogen-bond donors (Lipinski definition) is 1. The van der Waals surface area contributed by atoms with Crippen LogP contribution in [-0.4, -0.2) is 23.6 Å². The summed E-state index contributed by atoms with van der Waals surface area (Å²) in [5.41, 5.74) is 2.27. The highest BCUT2D eigenvalue weighted by Gasteiger charge is 2.13. The summed E-state index contributed by atoms with van der Waals surface area (Å²) >= 11 is 0. The zero-order valence-corrected chi connectivity index (χ0v) is 9.60. The van der Waals surface area contributed by atoms with E-state index in [1.807, 2.05) is 25.2 Å². The zero-order chi connectivity index (χ0) is 11.7. The third kappa shape index (κ3) is 1.82. The van der Waals surface area contributed by atoms with Crippen molar-refractivity contribution in [1.29, 1.82) is 0 Å². The highest BCUT2D eigenvalue weighted by Crippen LogP contribution is 2.29. The van der Waals surface area contributed by atoms with E-state index in [2.05, 4.69) is 21.4 Å². The Labute approximate surface area is 99.7 Å². The van der Waals surface area contributed by atoms with Crippen molar-refractivity contribution in [3.8, 4) is 17.1 Å². The van der Waals surface area contributed by atoms with E-state index >= 15 is 0 Å². The molecule has 1 aromatic carbocycles. The molecule has 0 saturated heterocycles. The smallest absolute Gasteiger partial charge is 0.161 e. The maximum atomic E-state index is 5.48. The first kappa shape index (κ1) is 10.1. The van der Waals surface area contributed by atoms with Crippen molar-refractivity contribution in [2.45, 2.75) is 6.42 Å². The van der Waals surface area contributed by atoms with Crippen LogP contribution >= 0.6 is 0 Å². The van der Waals surface area contributed by atoms with Crippen LogP contribution in [0.15, 0.2) is 30.5 Å². The Hall–Kier alpha value is -2.10. The van der Waals surface area contributed by atoms with Gasteiger partial charge in [-0.15, -0.1) is 0 Å². The van der Waals surface area contributed by atoms with Crippen LogP contribution in [0.3, 0.4) is 0 Å². The van der Waals surface area contributed by atoms with Crippen molar-refractivity contribution >= 4 is 5.82 Å². The van der Waals surface area contributed by atoms with E-state index in [1.54, 1.807) is 6.20 Å². The van der Waals surface area contributed by atoms with E-state index in [0.29, 0.717) is 0 Å².